The van der Waals surface area contributed by atoms with Crippen molar-refractivity contribution in [3.05, 3.63) is 66.2 Å². The molecule has 3 atom stereocenters. The molecule has 2 amide bonds. The minimum atomic E-state index is -0.255. The van der Waals surface area contributed by atoms with Crippen LogP contribution in [0.5, 0.6) is 0 Å². The summed E-state index contributed by atoms with van der Waals surface area (Å²) in [5.74, 6) is -0.270. The number of ether oxygens (including phenoxy) is 1. The van der Waals surface area contributed by atoms with Crippen LogP contribution in [0.2, 0.25) is 0 Å². The number of carbonyl (C=O) groups excluding carboxylic acids is 2. The molecule has 0 radical (unpaired) electrons. The third kappa shape index (κ3) is 6.04. The van der Waals surface area contributed by atoms with Gasteiger partial charge in [0.2, 0.25) is 11.8 Å². The Bertz CT molecular complexity index is 1030. The number of rotatable bonds is 9. The van der Waals surface area contributed by atoms with Crippen LogP contribution in [0.4, 0.5) is 5.69 Å². The van der Waals surface area contributed by atoms with E-state index in [4.69, 9.17) is 4.74 Å². The van der Waals surface area contributed by atoms with Gasteiger partial charge in [0.05, 0.1) is 23.6 Å². The highest BCUT2D eigenvalue weighted by Gasteiger charge is 2.51. The van der Waals surface area contributed by atoms with Crippen LogP contribution >= 0.6 is 0 Å². The number of piperidine rings is 1. The highest BCUT2D eigenvalue weighted by Crippen LogP contribution is 2.33. The summed E-state index contributed by atoms with van der Waals surface area (Å²) in [6.07, 6.45) is 1.91. The van der Waals surface area contributed by atoms with E-state index in [0.29, 0.717) is 19.7 Å². The van der Waals surface area contributed by atoms with E-state index in [9.17, 15) is 9.59 Å². The summed E-state index contributed by atoms with van der Waals surface area (Å²) in [5.41, 5.74) is 5.61. The molecule has 3 saturated heterocycles. The van der Waals surface area contributed by atoms with Crippen LogP contribution in [0, 0.1) is 11.8 Å². The maximum Gasteiger partial charge on any atom is 0.247 e. The first-order valence-corrected chi connectivity index (χ1v) is 13.6. The van der Waals surface area contributed by atoms with E-state index >= 15 is 0 Å². The molecule has 3 fully saturated rings. The number of hydrogen-bond donors (Lipinski definition) is 1. The summed E-state index contributed by atoms with van der Waals surface area (Å²) < 4.78 is 5.25. The summed E-state index contributed by atoms with van der Waals surface area (Å²) in [4.78, 5) is 34.1. The number of likely N-dealkylation sites (tertiary alicyclic amines) is 1. The van der Waals surface area contributed by atoms with Gasteiger partial charge in [0.25, 0.3) is 0 Å². The molecule has 5 rings (SSSR count). The summed E-state index contributed by atoms with van der Waals surface area (Å²) in [7, 11) is 1.71. The fraction of sp³-hybridized carbons (Fsp3) is 0.517. The van der Waals surface area contributed by atoms with Crippen molar-refractivity contribution in [2.75, 3.05) is 71.1 Å². The third-order valence-electron chi connectivity index (χ3n) is 7.99. The van der Waals surface area contributed by atoms with Gasteiger partial charge in [0.1, 0.15) is 0 Å². The number of anilines is 1. The van der Waals surface area contributed by atoms with Crippen molar-refractivity contribution in [2.45, 2.75) is 18.9 Å². The van der Waals surface area contributed by atoms with Crippen LogP contribution in [-0.4, -0.2) is 98.6 Å². The first kappa shape index (κ1) is 25.9. The number of benzene rings is 2. The van der Waals surface area contributed by atoms with E-state index in [2.05, 4.69) is 39.5 Å². The third-order valence-corrected chi connectivity index (χ3v) is 7.99. The molecule has 0 aliphatic carbocycles. The van der Waals surface area contributed by atoms with Crippen LogP contribution in [-0.2, 0) is 20.7 Å². The van der Waals surface area contributed by atoms with Gasteiger partial charge in [0, 0.05) is 66.1 Å². The van der Waals surface area contributed by atoms with Crippen molar-refractivity contribution in [1.29, 1.82) is 0 Å². The van der Waals surface area contributed by atoms with Gasteiger partial charge in [-0.2, -0.15) is 0 Å². The van der Waals surface area contributed by atoms with E-state index in [0.717, 1.165) is 57.8 Å². The molecule has 3 heterocycles. The van der Waals surface area contributed by atoms with Gasteiger partial charge in [-0.1, -0.05) is 48.5 Å². The number of piperazine rings is 1. The van der Waals surface area contributed by atoms with Crippen LogP contribution in [0.3, 0.4) is 0 Å². The molecule has 0 bridgehead atoms. The second-order valence-electron chi connectivity index (χ2n) is 10.4. The number of carbonyl (C=O) groups is 2. The largest absolute Gasteiger partial charge is 0.385 e. The molecule has 8 heteroatoms. The Kier molecular flexibility index (Phi) is 8.51. The molecule has 2 aromatic carbocycles. The summed E-state index contributed by atoms with van der Waals surface area (Å²) in [6, 6.07) is 20.1. The number of amides is 2. The van der Waals surface area contributed by atoms with Crippen molar-refractivity contribution < 1.29 is 14.3 Å². The number of methoxy groups -OCH3 is 1. The van der Waals surface area contributed by atoms with Gasteiger partial charge >= 0.3 is 0 Å². The maximum atomic E-state index is 13.9. The second-order valence-corrected chi connectivity index (χ2v) is 10.4. The first-order chi connectivity index (χ1) is 18.1. The SMILES string of the molecule is COCCCN1CC(C(=O)N2CCN(CCc3ccccc3)CC2)C2NN(c3ccccc3)C(=O)C2C1. The Labute approximate surface area is 220 Å². The zero-order chi connectivity index (χ0) is 25.6. The van der Waals surface area contributed by atoms with E-state index in [1.807, 2.05) is 41.3 Å². The average molecular weight is 506 g/mol. The monoisotopic (exact) mass is 505 g/mol. The Morgan fingerprint density at radius 1 is 0.919 bits per heavy atom. The first-order valence-electron chi connectivity index (χ1n) is 13.6. The van der Waals surface area contributed by atoms with Crippen molar-refractivity contribution >= 4 is 17.5 Å². The van der Waals surface area contributed by atoms with Gasteiger partial charge < -0.3 is 14.5 Å². The molecule has 0 saturated carbocycles. The van der Waals surface area contributed by atoms with Crippen molar-refractivity contribution in [1.82, 2.24) is 20.1 Å². The van der Waals surface area contributed by atoms with Gasteiger partial charge in [-0.05, 0) is 30.5 Å². The lowest BCUT2D eigenvalue weighted by atomic mass is 9.83. The Morgan fingerprint density at radius 2 is 1.62 bits per heavy atom. The predicted octanol–water partition coefficient (Wildman–Crippen LogP) is 1.88. The van der Waals surface area contributed by atoms with Crippen molar-refractivity contribution in [3.8, 4) is 0 Å². The summed E-state index contributed by atoms with van der Waals surface area (Å²) in [6.45, 7) is 7.10. The van der Waals surface area contributed by atoms with Gasteiger partial charge in [0.15, 0.2) is 0 Å². The molecular formula is C29H39N5O3. The van der Waals surface area contributed by atoms with Crippen LogP contribution in [0.15, 0.2) is 60.7 Å². The molecule has 198 valence electrons. The molecular weight excluding hydrogens is 466 g/mol. The maximum absolute atomic E-state index is 13.9. The minimum Gasteiger partial charge on any atom is -0.385 e. The second kappa shape index (κ2) is 12.2. The average Bonchev–Trinajstić information content (AvgIpc) is 3.29. The summed E-state index contributed by atoms with van der Waals surface area (Å²) in [5, 5.41) is 1.66. The smallest absolute Gasteiger partial charge is 0.247 e. The Balaban J connectivity index is 1.24. The van der Waals surface area contributed by atoms with Gasteiger partial charge in [-0.25, -0.2) is 10.4 Å². The molecule has 37 heavy (non-hydrogen) atoms. The molecule has 0 spiro atoms. The predicted molar refractivity (Wildman–Crippen MR) is 144 cm³/mol. The van der Waals surface area contributed by atoms with Crippen molar-refractivity contribution in [3.63, 3.8) is 0 Å². The molecule has 1 N–H and O–H groups in total. The Hall–Kier alpha value is -2.78. The highest BCUT2D eigenvalue weighted by molar-refractivity contribution is 5.98. The molecule has 8 nitrogen and oxygen atoms in total. The highest BCUT2D eigenvalue weighted by atomic mass is 16.5. The van der Waals surface area contributed by atoms with E-state index in [1.165, 1.54) is 5.56 Å². The van der Waals surface area contributed by atoms with Gasteiger partial charge in [-0.3, -0.25) is 14.5 Å². The van der Waals surface area contributed by atoms with Crippen LogP contribution < -0.4 is 10.4 Å². The number of nitrogens with zero attached hydrogens (tertiary/aromatic N) is 4. The molecule has 3 aliphatic heterocycles. The Morgan fingerprint density at radius 3 is 2.32 bits per heavy atom. The lowest BCUT2D eigenvalue weighted by Gasteiger charge is -2.42. The number of hydrazine groups is 1. The number of para-hydroxylation sites is 1. The number of hydrogen-bond acceptors (Lipinski definition) is 6. The normalized spacial score (nSPS) is 24.9. The summed E-state index contributed by atoms with van der Waals surface area (Å²) >= 11 is 0. The van der Waals surface area contributed by atoms with Gasteiger partial charge in [-0.15, -0.1) is 0 Å². The lowest BCUT2D eigenvalue weighted by molar-refractivity contribution is -0.141. The molecule has 3 aliphatic rings. The van der Waals surface area contributed by atoms with Crippen LogP contribution in [0.1, 0.15) is 12.0 Å². The fourth-order valence-corrected chi connectivity index (χ4v) is 5.91. The number of fused-ring (bicyclic) bond motifs is 1. The fourth-order valence-electron chi connectivity index (χ4n) is 5.91. The standard InChI is InChI=1S/C29H39N5O3/c1-37-20-8-14-32-21-25(27-26(22-32)29(36)34(30-27)24-11-6-3-7-12-24)28(35)33-18-16-31(17-19-33)15-13-23-9-4-2-5-10-23/h2-7,9-12,25-27,30H,8,13-22H2,1H3. The molecule has 3 unspecified atom stereocenters. The minimum absolute atomic E-state index is 0.0520. The number of nitrogens with one attached hydrogen (secondary N) is 1. The molecule has 0 aromatic heterocycles. The zero-order valence-corrected chi connectivity index (χ0v) is 21.8. The van der Waals surface area contributed by atoms with E-state index < -0.39 is 0 Å². The van der Waals surface area contributed by atoms with E-state index in [1.54, 1.807) is 12.1 Å². The van der Waals surface area contributed by atoms with E-state index in [-0.39, 0.29) is 29.7 Å². The zero-order valence-electron chi connectivity index (χ0n) is 21.8. The van der Waals surface area contributed by atoms with Crippen molar-refractivity contribution in [2.24, 2.45) is 11.8 Å². The topological polar surface area (TPSA) is 68.4 Å². The van der Waals surface area contributed by atoms with Crippen LogP contribution in [0.25, 0.3) is 0 Å². The molecule has 2 aromatic rings. The lowest BCUT2D eigenvalue weighted by Crippen LogP contribution is -2.60. The quantitative estimate of drug-likeness (QED) is 0.525.